The molecule has 2 aromatic carbocycles. The number of carboxylic acid groups (broad SMARTS) is 1. The fourth-order valence-electron chi connectivity index (χ4n) is 3.58. The van der Waals surface area contributed by atoms with E-state index < -0.39 is 11.4 Å². The van der Waals surface area contributed by atoms with Gasteiger partial charge in [0, 0.05) is 5.39 Å². The molecule has 1 atom stereocenters. The van der Waals surface area contributed by atoms with Gasteiger partial charge in [-0.2, -0.15) is 0 Å². The summed E-state index contributed by atoms with van der Waals surface area (Å²) in [6.07, 6.45) is 2.35. The topological polar surface area (TPSA) is 57.5 Å². The summed E-state index contributed by atoms with van der Waals surface area (Å²) >= 11 is 0. The number of fused-ring (bicyclic) bond motifs is 3. The Hall–Kier alpha value is -2.03. The zero-order valence-corrected chi connectivity index (χ0v) is 13.3. The maximum absolute atomic E-state index is 11.7. The van der Waals surface area contributed by atoms with E-state index in [1.54, 1.807) is 13.0 Å². The number of rotatable bonds is 2. The van der Waals surface area contributed by atoms with Crippen LogP contribution in [0, 0.1) is 0 Å². The van der Waals surface area contributed by atoms with Crippen molar-refractivity contribution in [2.24, 2.45) is 0 Å². The van der Waals surface area contributed by atoms with Crippen LogP contribution in [-0.2, 0) is 16.6 Å². The van der Waals surface area contributed by atoms with Gasteiger partial charge >= 0.3 is 5.97 Å². The quantitative estimate of drug-likeness (QED) is 0.866. The highest BCUT2D eigenvalue weighted by Gasteiger charge is 2.40. The number of phenolic OH excluding ortho intramolecular Hbond substituents is 1. The average Bonchev–Trinajstić information content (AvgIpc) is 2.48. The molecule has 0 spiro atoms. The molecule has 0 heterocycles. The zero-order valence-electron chi connectivity index (χ0n) is 13.3. The van der Waals surface area contributed by atoms with Gasteiger partial charge in [-0.05, 0) is 66.3 Å². The molecular formula is C19H22O3. The van der Waals surface area contributed by atoms with Crippen LogP contribution in [0.3, 0.4) is 0 Å². The van der Waals surface area contributed by atoms with Crippen LogP contribution in [0.15, 0.2) is 24.3 Å². The minimum atomic E-state index is -0.907. The van der Waals surface area contributed by atoms with Crippen molar-refractivity contribution >= 4 is 16.7 Å². The number of carbonyl (C=O) groups is 1. The minimum Gasteiger partial charge on any atom is -0.507 e. The summed E-state index contributed by atoms with van der Waals surface area (Å²) in [6.45, 7) is 6.01. The van der Waals surface area contributed by atoms with E-state index in [4.69, 9.17) is 0 Å². The summed E-state index contributed by atoms with van der Waals surface area (Å²) in [7, 11) is 0. The van der Waals surface area contributed by atoms with Gasteiger partial charge in [0.25, 0.3) is 0 Å². The van der Waals surface area contributed by atoms with E-state index in [0.29, 0.717) is 12.3 Å². The van der Waals surface area contributed by atoms with Crippen molar-refractivity contribution in [3.63, 3.8) is 0 Å². The molecule has 3 heteroatoms. The third kappa shape index (κ3) is 2.07. The van der Waals surface area contributed by atoms with Crippen LogP contribution in [0.4, 0.5) is 0 Å². The number of hydrogen-bond acceptors (Lipinski definition) is 2. The number of aryl methyl sites for hydroxylation is 1. The molecule has 0 amide bonds. The van der Waals surface area contributed by atoms with E-state index in [-0.39, 0.29) is 5.75 Å². The first-order valence-electron chi connectivity index (χ1n) is 7.87. The minimum absolute atomic E-state index is 0.186. The molecule has 1 unspecified atom stereocenters. The molecule has 0 saturated heterocycles. The monoisotopic (exact) mass is 298 g/mol. The maximum atomic E-state index is 11.7. The highest BCUT2D eigenvalue weighted by molar-refractivity contribution is 5.95. The van der Waals surface area contributed by atoms with E-state index in [1.165, 1.54) is 5.56 Å². The lowest BCUT2D eigenvalue weighted by Gasteiger charge is -2.33. The highest BCUT2D eigenvalue weighted by Crippen LogP contribution is 2.44. The highest BCUT2D eigenvalue weighted by atomic mass is 16.4. The van der Waals surface area contributed by atoms with E-state index >= 15 is 0 Å². The Balaban J connectivity index is 2.32. The van der Waals surface area contributed by atoms with E-state index in [2.05, 4.69) is 19.9 Å². The van der Waals surface area contributed by atoms with Crippen molar-refractivity contribution in [3.05, 3.63) is 41.0 Å². The van der Waals surface area contributed by atoms with Gasteiger partial charge in [-0.15, -0.1) is 0 Å². The number of hydrogen-bond donors (Lipinski definition) is 2. The average molecular weight is 298 g/mol. The summed E-state index contributed by atoms with van der Waals surface area (Å²) in [6, 6.07) is 7.83. The number of aromatic hydroxyl groups is 1. The summed E-state index contributed by atoms with van der Waals surface area (Å²) in [4.78, 5) is 11.7. The van der Waals surface area contributed by atoms with Crippen molar-refractivity contribution in [2.75, 3.05) is 0 Å². The van der Waals surface area contributed by atoms with Crippen molar-refractivity contribution in [1.82, 2.24) is 0 Å². The maximum Gasteiger partial charge on any atom is 0.313 e. The Morgan fingerprint density at radius 2 is 1.95 bits per heavy atom. The van der Waals surface area contributed by atoms with Crippen molar-refractivity contribution in [3.8, 4) is 5.75 Å². The second-order valence-corrected chi connectivity index (χ2v) is 6.87. The molecule has 0 aromatic heterocycles. The lowest BCUT2D eigenvalue weighted by atomic mass is 9.70. The molecule has 3 rings (SSSR count). The predicted octanol–water partition coefficient (Wildman–Crippen LogP) is 4.35. The van der Waals surface area contributed by atoms with Crippen molar-refractivity contribution < 1.29 is 15.0 Å². The molecule has 0 saturated carbocycles. The van der Waals surface area contributed by atoms with Gasteiger partial charge in [0.05, 0.1) is 5.41 Å². The lowest BCUT2D eigenvalue weighted by molar-refractivity contribution is -0.143. The standard InChI is InChI=1S/C19H22O3/c1-11(2)12-6-7-13-14-5-4-8-19(3,18(21)22)16(14)10-17(20)15(13)9-12/h6-7,9-11,20H,4-5,8H2,1-3H3,(H,21,22). The predicted molar refractivity (Wildman–Crippen MR) is 87.6 cm³/mol. The van der Waals surface area contributed by atoms with Gasteiger partial charge in [0.1, 0.15) is 5.75 Å². The third-order valence-electron chi connectivity index (χ3n) is 5.09. The second kappa shape index (κ2) is 5.01. The lowest BCUT2D eigenvalue weighted by Crippen LogP contribution is -2.36. The molecule has 0 bridgehead atoms. The largest absolute Gasteiger partial charge is 0.507 e. The number of benzene rings is 2. The first-order valence-corrected chi connectivity index (χ1v) is 7.87. The molecule has 116 valence electrons. The van der Waals surface area contributed by atoms with Crippen molar-refractivity contribution in [1.29, 1.82) is 0 Å². The van der Waals surface area contributed by atoms with Crippen LogP contribution in [0.2, 0.25) is 0 Å². The molecule has 0 radical (unpaired) electrons. The number of aliphatic carboxylic acids is 1. The van der Waals surface area contributed by atoms with Gasteiger partial charge in [-0.3, -0.25) is 4.79 Å². The first-order chi connectivity index (χ1) is 10.3. The Kier molecular flexibility index (Phi) is 3.39. The van der Waals surface area contributed by atoms with Crippen molar-refractivity contribution in [2.45, 2.75) is 51.4 Å². The summed E-state index contributed by atoms with van der Waals surface area (Å²) in [5.74, 6) is -0.235. The molecular weight excluding hydrogens is 276 g/mol. The van der Waals surface area contributed by atoms with E-state index in [1.807, 2.05) is 12.1 Å². The van der Waals surface area contributed by atoms with Crippen LogP contribution < -0.4 is 0 Å². The van der Waals surface area contributed by atoms with Gasteiger partial charge < -0.3 is 10.2 Å². The van der Waals surface area contributed by atoms with Gasteiger partial charge in [0.2, 0.25) is 0 Å². The first kappa shape index (κ1) is 14.9. The fraction of sp³-hybridized carbons (Fsp3) is 0.421. The molecule has 2 N–H and O–H groups in total. The van der Waals surface area contributed by atoms with Crippen LogP contribution >= 0.6 is 0 Å². The molecule has 1 aliphatic carbocycles. The molecule has 22 heavy (non-hydrogen) atoms. The summed E-state index contributed by atoms with van der Waals surface area (Å²) in [5, 5.41) is 21.9. The van der Waals surface area contributed by atoms with Crippen LogP contribution in [0.5, 0.6) is 5.75 Å². The molecule has 0 aliphatic heterocycles. The van der Waals surface area contributed by atoms with E-state index in [9.17, 15) is 15.0 Å². The Morgan fingerprint density at radius 1 is 1.23 bits per heavy atom. The number of phenols is 1. The van der Waals surface area contributed by atoms with Crippen LogP contribution in [-0.4, -0.2) is 16.2 Å². The smallest absolute Gasteiger partial charge is 0.313 e. The molecule has 3 nitrogen and oxygen atoms in total. The van der Waals surface area contributed by atoms with E-state index in [0.717, 1.165) is 34.7 Å². The summed E-state index contributed by atoms with van der Waals surface area (Å²) in [5.41, 5.74) is 2.13. The second-order valence-electron chi connectivity index (χ2n) is 6.87. The summed E-state index contributed by atoms with van der Waals surface area (Å²) < 4.78 is 0. The van der Waals surface area contributed by atoms with Crippen LogP contribution in [0.25, 0.3) is 10.8 Å². The Bertz CT molecular complexity index is 761. The Morgan fingerprint density at radius 3 is 2.59 bits per heavy atom. The molecule has 1 aliphatic rings. The molecule has 0 fully saturated rings. The fourth-order valence-corrected chi connectivity index (χ4v) is 3.58. The zero-order chi connectivity index (χ0) is 16.1. The van der Waals surface area contributed by atoms with Gasteiger partial charge in [-0.25, -0.2) is 0 Å². The van der Waals surface area contributed by atoms with Crippen LogP contribution in [0.1, 0.15) is 56.2 Å². The Labute approximate surface area is 130 Å². The molecule has 2 aromatic rings. The van der Waals surface area contributed by atoms with Gasteiger partial charge in [-0.1, -0.05) is 26.0 Å². The third-order valence-corrected chi connectivity index (χ3v) is 5.09. The normalized spacial score (nSPS) is 21.1. The number of carboxylic acids is 1. The van der Waals surface area contributed by atoms with Gasteiger partial charge in [0.15, 0.2) is 0 Å². The SMILES string of the molecule is CC(C)c1ccc2c3c(cc(O)c2c1)C(C)(C(=O)O)CCC3.